The van der Waals surface area contributed by atoms with E-state index in [0.29, 0.717) is 19.3 Å². The lowest BCUT2D eigenvalue weighted by Crippen LogP contribution is -2.30. The van der Waals surface area contributed by atoms with Gasteiger partial charge < -0.3 is 14.2 Å². The van der Waals surface area contributed by atoms with Crippen LogP contribution in [0, 0.1) is 5.92 Å². The van der Waals surface area contributed by atoms with Crippen LogP contribution in [0.3, 0.4) is 0 Å². The van der Waals surface area contributed by atoms with Crippen LogP contribution in [0.1, 0.15) is 259 Å². The highest BCUT2D eigenvalue weighted by Gasteiger charge is 2.19. The minimum atomic E-state index is -0.759. The molecule has 314 valence electrons. The van der Waals surface area contributed by atoms with E-state index in [1.807, 2.05) is 0 Å². The Kier molecular flexibility index (Phi) is 40.3. The molecule has 2 atom stereocenters. The summed E-state index contributed by atoms with van der Waals surface area (Å²) in [4.78, 5) is 37.7. The fraction of sp³-hybridized carbons (Fsp3) is 0.936. The molecule has 6 heteroatoms. The van der Waals surface area contributed by atoms with Crippen molar-refractivity contribution < 1.29 is 28.6 Å². The van der Waals surface area contributed by atoms with Gasteiger partial charge in [-0.25, -0.2) is 0 Å². The Hall–Kier alpha value is -1.59. The van der Waals surface area contributed by atoms with Gasteiger partial charge in [0.1, 0.15) is 13.2 Å². The molecule has 0 spiro atoms. The molecular formula is C47H90O6. The maximum Gasteiger partial charge on any atom is 0.306 e. The van der Waals surface area contributed by atoms with Gasteiger partial charge in [0.2, 0.25) is 0 Å². The lowest BCUT2D eigenvalue weighted by atomic mass is 10.00. The van der Waals surface area contributed by atoms with E-state index >= 15 is 0 Å². The van der Waals surface area contributed by atoms with Crippen molar-refractivity contribution in [2.45, 2.75) is 265 Å². The number of ether oxygens (including phenoxy) is 3. The minimum absolute atomic E-state index is 0.0642. The van der Waals surface area contributed by atoms with Crippen LogP contribution in [-0.4, -0.2) is 37.2 Å². The molecule has 53 heavy (non-hydrogen) atoms. The number of esters is 3. The number of unbranched alkanes of at least 4 members (excludes halogenated alkanes) is 28. The first-order chi connectivity index (χ1) is 25.9. The Morgan fingerprint density at radius 1 is 0.377 bits per heavy atom. The van der Waals surface area contributed by atoms with Crippen molar-refractivity contribution in [1.29, 1.82) is 0 Å². The average Bonchev–Trinajstić information content (AvgIpc) is 3.15. The first kappa shape index (κ1) is 51.4. The second-order valence-electron chi connectivity index (χ2n) is 16.3. The van der Waals surface area contributed by atoms with E-state index in [1.54, 1.807) is 0 Å². The van der Waals surface area contributed by atoms with Crippen LogP contribution in [0.25, 0.3) is 0 Å². The second-order valence-corrected chi connectivity index (χ2v) is 16.3. The maximum absolute atomic E-state index is 12.7. The highest BCUT2D eigenvalue weighted by atomic mass is 16.6. The minimum Gasteiger partial charge on any atom is -0.462 e. The van der Waals surface area contributed by atoms with E-state index in [9.17, 15) is 14.4 Å². The molecule has 0 saturated carbocycles. The molecule has 0 aliphatic heterocycles. The van der Waals surface area contributed by atoms with Gasteiger partial charge >= 0.3 is 17.9 Å². The Balaban J connectivity index is 4.33. The van der Waals surface area contributed by atoms with Crippen molar-refractivity contribution >= 4 is 17.9 Å². The highest BCUT2D eigenvalue weighted by Crippen LogP contribution is 2.17. The standard InChI is InChI=1S/C47H90O6/c1-5-8-10-12-14-16-18-19-20-22-24-26-32-36-40-47(50)53-44(42-52-46(49)39-35-31-28-27-29-33-37-43(4)7-3)41-51-45(48)38-34-30-25-23-21-17-15-13-11-9-6-2/h43-44H,5-42H2,1-4H3/t43?,44-/m0/s1. The Bertz CT molecular complexity index is 798. The molecule has 0 heterocycles. The molecule has 0 aromatic carbocycles. The third-order valence-electron chi connectivity index (χ3n) is 10.9. The first-order valence-electron chi connectivity index (χ1n) is 23.4. The summed E-state index contributed by atoms with van der Waals surface area (Å²) >= 11 is 0. The molecule has 0 aromatic heterocycles. The van der Waals surface area contributed by atoms with E-state index in [-0.39, 0.29) is 31.1 Å². The van der Waals surface area contributed by atoms with E-state index in [4.69, 9.17) is 14.2 Å². The Morgan fingerprint density at radius 3 is 0.981 bits per heavy atom. The molecule has 0 saturated heterocycles. The number of hydrogen-bond donors (Lipinski definition) is 0. The molecule has 0 N–H and O–H groups in total. The van der Waals surface area contributed by atoms with Crippen molar-refractivity contribution in [3.05, 3.63) is 0 Å². The summed E-state index contributed by atoms with van der Waals surface area (Å²) in [5.41, 5.74) is 0. The van der Waals surface area contributed by atoms with E-state index < -0.39 is 6.10 Å². The van der Waals surface area contributed by atoms with Gasteiger partial charge in [-0.1, -0.05) is 220 Å². The van der Waals surface area contributed by atoms with Crippen LogP contribution in [0.15, 0.2) is 0 Å². The largest absolute Gasteiger partial charge is 0.462 e. The van der Waals surface area contributed by atoms with Crippen LogP contribution < -0.4 is 0 Å². The zero-order chi connectivity index (χ0) is 38.9. The van der Waals surface area contributed by atoms with Crippen LogP contribution in [0.5, 0.6) is 0 Å². The molecule has 0 radical (unpaired) electrons. The van der Waals surface area contributed by atoms with E-state index in [0.717, 1.165) is 63.7 Å². The van der Waals surface area contributed by atoms with Crippen molar-refractivity contribution in [2.75, 3.05) is 13.2 Å². The van der Waals surface area contributed by atoms with Gasteiger partial charge in [0.15, 0.2) is 6.10 Å². The van der Waals surface area contributed by atoms with Crippen LogP contribution in [-0.2, 0) is 28.6 Å². The zero-order valence-electron chi connectivity index (χ0n) is 36.0. The van der Waals surface area contributed by atoms with Crippen molar-refractivity contribution in [3.8, 4) is 0 Å². The third-order valence-corrected chi connectivity index (χ3v) is 10.9. The lowest BCUT2D eigenvalue weighted by Gasteiger charge is -2.18. The fourth-order valence-corrected chi connectivity index (χ4v) is 6.95. The summed E-state index contributed by atoms with van der Waals surface area (Å²) in [6.45, 7) is 8.97. The second kappa shape index (κ2) is 41.6. The number of carbonyl (C=O) groups is 3. The predicted molar refractivity (Wildman–Crippen MR) is 224 cm³/mol. The number of hydrogen-bond acceptors (Lipinski definition) is 6. The molecule has 0 rings (SSSR count). The lowest BCUT2D eigenvalue weighted by molar-refractivity contribution is -0.167. The molecule has 0 amide bonds. The SMILES string of the molecule is CCCCCCCCCCCCCCCCC(=O)O[C@@H](COC(=O)CCCCCCCCCCCCC)COC(=O)CCCCCCCCC(C)CC. The molecule has 6 nitrogen and oxygen atoms in total. The number of carbonyl (C=O) groups excluding carboxylic acids is 3. The maximum atomic E-state index is 12.7. The summed E-state index contributed by atoms with van der Waals surface area (Å²) < 4.78 is 16.7. The normalized spacial score (nSPS) is 12.5. The van der Waals surface area contributed by atoms with Gasteiger partial charge in [-0.3, -0.25) is 14.4 Å². The number of rotatable bonds is 42. The monoisotopic (exact) mass is 751 g/mol. The molecule has 1 unspecified atom stereocenters. The van der Waals surface area contributed by atoms with Gasteiger partial charge in [0, 0.05) is 19.3 Å². The zero-order valence-corrected chi connectivity index (χ0v) is 36.0. The van der Waals surface area contributed by atoms with E-state index in [2.05, 4.69) is 27.7 Å². The highest BCUT2D eigenvalue weighted by molar-refractivity contribution is 5.71. The third kappa shape index (κ3) is 39.9. The van der Waals surface area contributed by atoms with E-state index in [1.165, 1.54) is 154 Å². The smallest absolute Gasteiger partial charge is 0.306 e. The summed E-state index contributed by atoms with van der Waals surface area (Å²) in [6.07, 6.45) is 40.8. The Morgan fingerprint density at radius 2 is 0.660 bits per heavy atom. The van der Waals surface area contributed by atoms with Gasteiger partial charge in [-0.2, -0.15) is 0 Å². The average molecular weight is 751 g/mol. The Labute approximate surface area is 329 Å². The first-order valence-corrected chi connectivity index (χ1v) is 23.4. The molecule has 0 aromatic rings. The van der Waals surface area contributed by atoms with Gasteiger partial charge in [0.25, 0.3) is 0 Å². The van der Waals surface area contributed by atoms with Gasteiger partial charge in [0.05, 0.1) is 0 Å². The molecule has 0 bridgehead atoms. The van der Waals surface area contributed by atoms with Crippen molar-refractivity contribution in [1.82, 2.24) is 0 Å². The topological polar surface area (TPSA) is 78.9 Å². The van der Waals surface area contributed by atoms with Gasteiger partial charge in [-0.05, 0) is 25.2 Å². The summed E-state index contributed by atoms with van der Waals surface area (Å²) in [7, 11) is 0. The quantitative estimate of drug-likeness (QED) is 0.0351. The predicted octanol–water partition coefficient (Wildman–Crippen LogP) is 14.7. The fourth-order valence-electron chi connectivity index (χ4n) is 6.95. The van der Waals surface area contributed by atoms with Crippen molar-refractivity contribution in [2.24, 2.45) is 5.92 Å². The van der Waals surface area contributed by atoms with Crippen molar-refractivity contribution in [3.63, 3.8) is 0 Å². The molecule has 0 aliphatic rings. The van der Waals surface area contributed by atoms with Crippen LogP contribution in [0.4, 0.5) is 0 Å². The molecule has 0 fully saturated rings. The molecular weight excluding hydrogens is 661 g/mol. The summed E-state index contributed by atoms with van der Waals surface area (Å²) in [6, 6.07) is 0. The van der Waals surface area contributed by atoms with Crippen LogP contribution >= 0.6 is 0 Å². The van der Waals surface area contributed by atoms with Crippen LogP contribution in [0.2, 0.25) is 0 Å². The molecule has 0 aliphatic carbocycles. The summed E-state index contributed by atoms with van der Waals surface area (Å²) in [5, 5.41) is 0. The summed E-state index contributed by atoms with van der Waals surface area (Å²) in [5.74, 6) is -0.0407. The van der Waals surface area contributed by atoms with Gasteiger partial charge in [-0.15, -0.1) is 0 Å².